The average molecular weight is 177 g/mol. The second-order valence-electron chi connectivity index (χ2n) is 3.45. The zero-order valence-corrected chi connectivity index (χ0v) is 8.12. The Kier molecular flexibility index (Phi) is 1.98. The van der Waals surface area contributed by atoms with Gasteiger partial charge in [-0.05, 0) is 27.9 Å². The Morgan fingerprint density at radius 2 is 2.00 bits per heavy atom. The molecule has 0 radical (unpaired) electrons. The highest BCUT2D eigenvalue weighted by Crippen LogP contribution is 2.43. The van der Waals surface area contributed by atoms with Crippen LogP contribution in [0.25, 0.3) is 0 Å². The number of hydrogen-bond donors (Lipinski definition) is 0. The van der Waals surface area contributed by atoms with Crippen LogP contribution in [0.3, 0.4) is 0 Å². The highest BCUT2D eigenvalue weighted by Gasteiger charge is 2.37. The van der Waals surface area contributed by atoms with Crippen LogP contribution >= 0.6 is 9.03 Å². The van der Waals surface area contributed by atoms with Gasteiger partial charge in [-0.1, -0.05) is 29.8 Å². The highest BCUT2D eigenvalue weighted by atomic mass is 31.0. The van der Waals surface area contributed by atoms with Gasteiger partial charge in [0.1, 0.15) is 0 Å². The zero-order valence-electron chi connectivity index (χ0n) is 7.12. The van der Waals surface area contributed by atoms with Crippen LogP contribution in [0.4, 0.5) is 0 Å². The monoisotopic (exact) mass is 177 g/mol. The summed E-state index contributed by atoms with van der Waals surface area (Å²) in [6.45, 7) is 2.11. The molecule has 0 bridgehead atoms. The van der Waals surface area contributed by atoms with Crippen LogP contribution in [0.5, 0.6) is 0 Å². The number of rotatable bonds is 2. The molecule has 2 rings (SSSR count). The lowest BCUT2D eigenvalue weighted by molar-refractivity contribution is 1.01. The predicted octanol–water partition coefficient (Wildman–Crippen LogP) is 3.18. The second kappa shape index (κ2) is 2.99. The minimum atomic E-state index is 0.518. The summed E-state index contributed by atoms with van der Waals surface area (Å²) in [5, 5.41) is 0. The molecule has 1 fully saturated rings. The number of benzene rings is 1. The normalized spacial score (nSPS) is 26.8. The summed E-state index contributed by atoms with van der Waals surface area (Å²) in [5.74, 6) is 0.670. The summed E-state index contributed by atoms with van der Waals surface area (Å²) in [6.07, 6.45) is 1.20. The molecule has 0 heterocycles. The molecule has 1 aromatic rings. The zero-order chi connectivity index (χ0) is 8.55. The number of hydrogen-bond acceptors (Lipinski definition) is 1. The average Bonchev–Trinajstić information content (AvgIpc) is 2.85. The van der Waals surface area contributed by atoms with Crippen LogP contribution < -0.4 is 0 Å². The summed E-state index contributed by atoms with van der Waals surface area (Å²) in [5.41, 5.74) is 2.75. The van der Waals surface area contributed by atoms with Gasteiger partial charge in [0.25, 0.3) is 0 Å². The topological polar surface area (TPSA) is 12.4 Å². The fraction of sp³-hybridized carbons (Fsp3) is 0.400. The van der Waals surface area contributed by atoms with Gasteiger partial charge in [-0.3, -0.25) is 4.74 Å². The van der Waals surface area contributed by atoms with Gasteiger partial charge in [0, 0.05) is 5.92 Å². The van der Waals surface area contributed by atoms with Gasteiger partial charge >= 0.3 is 0 Å². The molecule has 0 spiro atoms. The fourth-order valence-corrected chi connectivity index (χ4v) is 1.78. The third-order valence-electron chi connectivity index (χ3n) is 2.43. The van der Waals surface area contributed by atoms with Crippen LogP contribution in [-0.2, 0) is 0 Å². The fourth-order valence-electron chi connectivity index (χ4n) is 1.50. The molecule has 0 amide bonds. The van der Waals surface area contributed by atoms with Crippen molar-refractivity contribution < 1.29 is 0 Å². The van der Waals surface area contributed by atoms with Crippen molar-refractivity contribution in [2.24, 2.45) is 4.74 Å². The molecule has 1 nitrogen and oxygen atoms in total. The van der Waals surface area contributed by atoms with E-state index in [4.69, 9.17) is 0 Å². The summed E-state index contributed by atoms with van der Waals surface area (Å²) >= 11 is 0. The van der Waals surface area contributed by atoms with Crippen molar-refractivity contribution in [3.63, 3.8) is 0 Å². The van der Waals surface area contributed by atoms with Gasteiger partial charge in [-0.15, -0.1) is 0 Å². The van der Waals surface area contributed by atoms with Crippen LogP contribution in [0.1, 0.15) is 23.5 Å². The molecule has 2 unspecified atom stereocenters. The quantitative estimate of drug-likeness (QED) is 0.615. The Balaban J connectivity index is 2.15. The van der Waals surface area contributed by atoms with Gasteiger partial charge in [-0.2, -0.15) is 0 Å². The molecule has 0 aromatic heterocycles. The van der Waals surface area contributed by atoms with Gasteiger partial charge in [0.05, 0.1) is 6.04 Å². The Labute approximate surface area is 75.1 Å². The first-order chi connectivity index (χ1) is 5.81. The minimum absolute atomic E-state index is 0.518. The van der Waals surface area contributed by atoms with Crippen LogP contribution in [-0.4, -0.2) is 6.04 Å². The Morgan fingerprint density at radius 3 is 2.50 bits per heavy atom. The van der Waals surface area contributed by atoms with E-state index >= 15 is 0 Å². The van der Waals surface area contributed by atoms with Crippen LogP contribution in [0, 0.1) is 6.92 Å². The maximum atomic E-state index is 4.09. The lowest BCUT2D eigenvalue weighted by Gasteiger charge is -1.97. The Bertz CT molecular complexity index is 291. The van der Waals surface area contributed by atoms with Gasteiger partial charge in [0.2, 0.25) is 0 Å². The molecule has 0 aliphatic heterocycles. The van der Waals surface area contributed by atoms with Crippen molar-refractivity contribution in [3.05, 3.63) is 35.4 Å². The molecule has 1 aromatic carbocycles. The lowest BCUT2D eigenvalue weighted by atomic mass is 10.1. The Hall–Kier alpha value is -0.680. The van der Waals surface area contributed by atoms with Gasteiger partial charge < -0.3 is 0 Å². The van der Waals surface area contributed by atoms with Crippen molar-refractivity contribution in [3.8, 4) is 0 Å². The van der Waals surface area contributed by atoms with E-state index in [-0.39, 0.29) is 0 Å². The first-order valence-corrected chi connectivity index (χ1v) is 4.69. The van der Waals surface area contributed by atoms with Crippen molar-refractivity contribution in [1.82, 2.24) is 0 Å². The SMILES string of the molecule is Cc1ccc(C2CC2N=P)cc1. The number of aryl methyl sites for hydroxylation is 1. The molecule has 62 valence electrons. The standard InChI is InChI=1S/C10H12NP/c1-7-2-4-8(5-3-7)9-6-10(9)11-12/h2-5,9-10,12H,6H2,1H3. The summed E-state index contributed by atoms with van der Waals surface area (Å²) < 4.78 is 4.09. The van der Waals surface area contributed by atoms with Crippen molar-refractivity contribution in [2.75, 3.05) is 0 Å². The maximum absolute atomic E-state index is 4.09. The summed E-state index contributed by atoms with van der Waals surface area (Å²) in [6, 6.07) is 9.26. The summed E-state index contributed by atoms with van der Waals surface area (Å²) in [7, 11) is 3.20. The van der Waals surface area contributed by atoms with Gasteiger partial charge in [-0.25, -0.2) is 0 Å². The Morgan fingerprint density at radius 1 is 1.33 bits per heavy atom. The van der Waals surface area contributed by atoms with E-state index in [2.05, 4.69) is 45.0 Å². The second-order valence-corrected chi connectivity index (χ2v) is 3.71. The first-order valence-electron chi connectivity index (χ1n) is 4.24. The van der Waals surface area contributed by atoms with Gasteiger partial charge in [0.15, 0.2) is 0 Å². The van der Waals surface area contributed by atoms with Crippen molar-refractivity contribution >= 4 is 9.03 Å². The molecule has 0 saturated heterocycles. The third kappa shape index (κ3) is 1.42. The molecular weight excluding hydrogens is 165 g/mol. The minimum Gasteiger partial charge on any atom is -0.268 e. The predicted molar refractivity (Wildman–Crippen MR) is 53.1 cm³/mol. The van der Waals surface area contributed by atoms with E-state index in [0.29, 0.717) is 12.0 Å². The third-order valence-corrected chi connectivity index (χ3v) is 2.76. The molecule has 2 heteroatoms. The van der Waals surface area contributed by atoms with Crippen LogP contribution in [0.2, 0.25) is 0 Å². The molecule has 1 saturated carbocycles. The molecule has 1 aliphatic carbocycles. The molecular formula is C10H12NP. The van der Waals surface area contributed by atoms with Crippen molar-refractivity contribution in [2.45, 2.75) is 25.3 Å². The summed E-state index contributed by atoms with van der Waals surface area (Å²) in [4.78, 5) is 0. The van der Waals surface area contributed by atoms with E-state index in [1.807, 2.05) is 0 Å². The maximum Gasteiger partial charge on any atom is 0.0615 e. The molecule has 0 N–H and O–H groups in total. The largest absolute Gasteiger partial charge is 0.268 e. The van der Waals surface area contributed by atoms with E-state index in [1.165, 1.54) is 17.5 Å². The van der Waals surface area contributed by atoms with E-state index < -0.39 is 0 Å². The molecule has 1 aliphatic rings. The number of nitrogens with zero attached hydrogens (tertiary/aromatic N) is 1. The van der Waals surface area contributed by atoms with Crippen molar-refractivity contribution in [1.29, 1.82) is 0 Å². The highest BCUT2D eigenvalue weighted by molar-refractivity contribution is 7.04. The molecule has 2 atom stereocenters. The lowest BCUT2D eigenvalue weighted by Crippen LogP contribution is -1.83. The smallest absolute Gasteiger partial charge is 0.0615 e. The van der Waals surface area contributed by atoms with E-state index in [9.17, 15) is 0 Å². The first kappa shape index (κ1) is 7.94. The van der Waals surface area contributed by atoms with E-state index in [0.717, 1.165) is 0 Å². The van der Waals surface area contributed by atoms with E-state index in [1.54, 1.807) is 0 Å². The molecule has 12 heavy (non-hydrogen) atoms. The van der Waals surface area contributed by atoms with Crippen LogP contribution in [0.15, 0.2) is 29.0 Å².